The lowest BCUT2D eigenvalue weighted by atomic mass is 10.1. The Morgan fingerprint density at radius 2 is 2.20 bits per heavy atom. The predicted molar refractivity (Wildman–Crippen MR) is 85.8 cm³/mol. The molecule has 2 unspecified atom stereocenters. The molecule has 0 radical (unpaired) electrons. The van der Waals surface area contributed by atoms with Crippen LogP contribution >= 0.6 is 15.9 Å². The van der Waals surface area contributed by atoms with Crippen LogP contribution in [0.3, 0.4) is 0 Å². The summed E-state index contributed by atoms with van der Waals surface area (Å²) in [7, 11) is 0. The maximum Gasteiger partial charge on any atom is 0.237 e. The van der Waals surface area contributed by atoms with Crippen LogP contribution in [0.15, 0.2) is 28.7 Å². The third kappa shape index (κ3) is 3.96. The number of carbonyl (C=O) groups excluding carboxylic acids is 1. The Kier molecular flexibility index (Phi) is 5.43. The number of anilines is 1. The summed E-state index contributed by atoms with van der Waals surface area (Å²) in [6, 6.07) is 8.10. The fraction of sp³-hybridized carbons (Fsp3) is 0.533. The molecule has 110 valence electrons. The lowest BCUT2D eigenvalue weighted by molar-refractivity contribution is -0.123. The van der Waals surface area contributed by atoms with Gasteiger partial charge in [0.05, 0.1) is 6.04 Å². The van der Waals surface area contributed by atoms with Crippen molar-refractivity contribution in [2.75, 3.05) is 18.0 Å². The number of amides is 1. The minimum atomic E-state index is -0.373. The number of nitrogens with one attached hydrogen (secondary N) is 1. The van der Waals surface area contributed by atoms with E-state index in [1.165, 1.54) is 5.69 Å². The molecule has 1 amide bonds. The highest BCUT2D eigenvalue weighted by Gasteiger charge is 2.25. The monoisotopic (exact) mass is 339 g/mol. The molecule has 4 nitrogen and oxygen atoms in total. The maximum atomic E-state index is 11.9. The van der Waals surface area contributed by atoms with Crippen molar-refractivity contribution in [3.05, 3.63) is 28.7 Å². The standard InChI is InChI=1S/C15H22BrN3O/c1-2-3-14(17)15(20)18-12-8-9-19(10-12)13-6-4-11(16)5-7-13/h4-7,12,14H,2-3,8-10,17H2,1H3,(H,18,20). The molecule has 1 saturated heterocycles. The van der Waals surface area contributed by atoms with Crippen molar-refractivity contribution < 1.29 is 4.79 Å². The number of nitrogens with zero attached hydrogens (tertiary/aromatic N) is 1. The van der Waals surface area contributed by atoms with Crippen LogP contribution in [-0.2, 0) is 4.79 Å². The lowest BCUT2D eigenvalue weighted by Crippen LogP contribution is -2.46. The predicted octanol–water partition coefficient (Wildman–Crippen LogP) is 2.27. The second kappa shape index (κ2) is 7.09. The van der Waals surface area contributed by atoms with Gasteiger partial charge in [0.25, 0.3) is 0 Å². The second-order valence-corrected chi connectivity index (χ2v) is 6.23. The van der Waals surface area contributed by atoms with E-state index in [1.54, 1.807) is 0 Å². The van der Waals surface area contributed by atoms with Gasteiger partial charge in [-0.05, 0) is 37.1 Å². The molecule has 1 aliphatic rings. The average molecular weight is 340 g/mol. The number of hydrogen-bond acceptors (Lipinski definition) is 3. The molecule has 2 atom stereocenters. The van der Waals surface area contributed by atoms with E-state index in [0.29, 0.717) is 0 Å². The lowest BCUT2D eigenvalue weighted by Gasteiger charge is -2.20. The highest BCUT2D eigenvalue weighted by Crippen LogP contribution is 2.22. The van der Waals surface area contributed by atoms with E-state index in [0.717, 1.165) is 36.8 Å². The zero-order chi connectivity index (χ0) is 14.5. The van der Waals surface area contributed by atoms with Gasteiger partial charge in [0, 0.05) is 29.3 Å². The van der Waals surface area contributed by atoms with Gasteiger partial charge in [-0.2, -0.15) is 0 Å². The van der Waals surface area contributed by atoms with Gasteiger partial charge in [-0.25, -0.2) is 0 Å². The number of rotatable bonds is 5. The van der Waals surface area contributed by atoms with Crippen LogP contribution in [0.2, 0.25) is 0 Å². The quantitative estimate of drug-likeness (QED) is 0.865. The summed E-state index contributed by atoms with van der Waals surface area (Å²) in [4.78, 5) is 14.2. The van der Waals surface area contributed by atoms with Gasteiger partial charge < -0.3 is 16.0 Å². The second-order valence-electron chi connectivity index (χ2n) is 5.31. The van der Waals surface area contributed by atoms with Gasteiger partial charge in [-0.15, -0.1) is 0 Å². The molecule has 1 aromatic rings. The first-order valence-electron chi connectivity index (χ1n) is 7.16. The van der Waals surface area contributed by atoms with Crippen molar-refractivity contribution >= 4 is 27.5 Å². The molecule has 0 aliphatic carbocycles. The number of nitrogens with two attached hydrogens (primary N) is 1. The highest BCUT2D eigenvalue weighted by molar-refractivity contribution is 9.10. The SMILES string of the molecule is CCCC(N)C(=O)NC1CCN(c2ccc(Br)cc2)C1. The molecule has 3 N–H and O–H groups in total. The summed E-state index contributed by atoms with van der Waals surface area (Å²) in [5, 5.41) is 3.06. The first kappa shape index (κ1) is 15.3. The minimum Gasteiger partial charge on any atom is -0.369 e. The Hall–Kier alpha value is -1.07. The van der Waals surface area contributed by atoms with Crippen LogP contribution in [0.25, 0.3) is 0 Å². The molecular formula is C15H22BrN3O. The fourth-order valence-corrected chi connectivity index (χ4v) is 2.78. The van der Waals surface area contributed by atoms with Gasteiger partial charge in [0.15, 0.2) is 0 Å². The molecule has 0 spiro atoms. The summed E-state index contributed by atoms with van der Waals surface area (Å²) in [6.07, 6.45) is 2.65. The van der Waals surface area contributed by atoms with Gasteiger partial charge in [-0.3, -0.25) is 4.79 Å². The Balaban J connectivity index is 1.86. The van der Waals surface area contributed by atoms with Crippen molar-refractivity contribution in [2.45, 2.75) is 38.3 Å². The average Bonchev–Trinajstić information content (AvgIpc) is 2.88. The molecule has 0 saturated carbocycles. The van der Waals surface area contributed by atoms with Crippen molar-refractivity contribution in [1.29, 1.82) is 0 Å². The number of carbonyl (C=O) groups is 1. The van der Waals surface area contributed by atoms with Crippen molar-refractivity contribution in [3.63, 3.8) is 0 Å². The first-order valence-corrected chi connectivity index (χ1v) is 7.96. The van der Waals surface area contributed by atoms with Crippen LogP contribution in [0.5, 0.6) is 0 Å². The van der Waals surface area contributed by atoms with E-state index in [1.807, 2.05) is 19.1 Å². The number of hydrogen-bond donors (Lipinski definition) is 2. The Bertz CT molecular complexity index is 449. The van der Waals surface area contributed by atoms with Crippen LogP contribution in [0, 0.1) is 0 Å². The molecule has 20 heavy (non-hydrogen) atoms. The Labute approximate surface area is 128 Å². The molecular weight excluding hydrogens is 318 g/mol. The Morgan fingerprint density at radius 1 is 1.50 bits per heavy atom. The summed E-state index contributed by atoms with van der Waals surface area (Å²) in [5.41, 5.74) is 7.03. The third-order valence-electron chi connectivity index (χ3n) is 3.66. The summed E-state index contributed by atoms with van der Waals surface area (Å²) < 4.78 is 1.08. The van der Waals surface area contributed by atoms with Crippen LogP contribution in [-0.4, -0.2) is 31.1 Å². The fourth-order valence-electron chi connectivity index (χ4n) is 2.51. The van der Waals surface area contributed by atoms with Crippen molar-refractivity contribution in [3.8, 4) is 0 Å². The van der Waals surface area contributed by atoms with Gasteiger partial charge in [0.2, 0.25) is 5.91 Å². The van der Waals surface area contributed by atoms with Crippen LogP contribution < -0.4 is 16.0 Å². The van der Waals surface area contributed by atoms with Crippen LogP contribution in [0.1, 0.15) is 26.2 Å². The largest absolute Gasteiger partial charge is 0.369 e. The third-order valence-corrected chi connectivity index (χ3v) is 4.19. The zero-order valence-electron chi connectivity index (χ0n) is 11.8. The maximum absolute atomic E-state index is 11.9. The Morgan fingerprint density at radius 3 is 2.85 bits per heavy atom. The molecule has 0 bridgehead atoms. The van der Waals surface area contributed by atoms with Gasteiger partial charge >= 0.3 is 0 Å². The molecule has 1 fully saturated rings. The van der Waals surface area contributed by atoms with Gasteiger partial charge in [0.1, 0.15) is 0 Å². The van der Waals surface area contributed by atoms with Crippen LogP contribution in [0.4, 0.5) is 5.69 Å². The number of halogens is 1. The minimum absolute atomic E-state index is 0.0190. The van der Waals surface area contributed by atoms with E-state index in [-0.39, 0.29) is 18.0 Å². The number of benzene rings is 1. The zero-order valence-corrected chi connectivity index (χ0v) is 13.4. The van der Waals surface area contributed by atoms with Gasteiger partial charge in [-0.1, -0.05) is 29.3 Å². The summed E-state index contributed by atoms with van der Waals surface area (Å²) >= 11 is 3.44. The molecule has 1 aromatic carbocycles. The van der Waals surface area contributed by atoms with Crippen molar-refractivity contribution in [2.24, 2.45) is 5.73 Å². The van der Waals surface area contributed by atoms with E-state index in [4.69, 9.17) is 5.73 Å². The normalized spacial score (nSPS) is 19.9. The first-order chi connectivity index (χ1) is 9.60. The van der Waals surface area contributed by atoms with E-state index in [2.05, 4.69) is 38.3 Å². The highest BCUT2D eigenvalue weighted by atomic mass is 79.9. The van der Waals surface area contributed by atoms with E-state index >= 15 is 0 Å². The smallest absolute Gasteiger partial charge is 0.237 e. The van der Waals surface area contributed by atoms with E-state index in [9.17, 15) is 4.79 Å². The summed E-state index contributed by atoms with van der Waals surface area (Å²) in [6.45, 7) is 3.86. The van der Waals surface area contributed by atoms with E-state index < -0.39 is 0 Å². The molecule has 5 heteroatoms. The molecule has 1 aliphatic heterocycles. The summed E-state index contributed by atoms with van der Waals surface area (Å²) in [5.74, 6) is -0.0190. The van der Waals surface area contributed by atoms with Crippen molar-refractivity contribution in [1.82, 2.24) is 5.32 Å². The molecule has 0 aromatic heterocycles. The molecule has 1 heterocycles. The molecule has 2 rings (SSSR count). The topological polar surface area (TPSA) is 58.4 Å².